The van der Waals surface area contributed by atoms with Gasteiger partial charge in [0.25, 0.3) is 0 Å². The first-order valence-corrected chi connectivity index (χ1v) is 21.5. The molecule has 5 aliphatic carbocycles. The van der Waals surface area contributed by atoms with E-state index in [-0.39, 0.29) is 5.41 Å². The zero-order valence-electron chi connectivity index (χ0n) is 33.0. The minimum absolute atomic E-state index is 0.0491. The lowest BCUT2D eigenvalue weighted by Gasteiger charge is -2.46. The highest BCUT2D eigenvalue weighted by Crippen LogP contribution is 2.74. The summed E-state index contributed by atoms with van der Waals surface area (Å²) in [5.41, 5.74) is 17.0. The lowest BCUT2D eigenvalue weighted by atomic mass is 9.58. The second kappa shape index (κ2) is 11.9. The number of rotatable bonds is 5. The summed E-state index contributed by atoms with van der Waals surface area (Å²) in [6.45, 7) is 0. The number of allylic oxidation sites excluding steroid dienone is 2. The Morgan fingerprint density at radius 2 is 0.950 bits per heavy atom. The number of hydrogen-bond acceptors (Lipinski definition) is 4. The average molecular weight is 770 g/mol. The Balaban J connectivity index is 0.934. The predicted molar refractivity (Wildman–Crippen MR) is 237 cm³/mol. The van der Waals surface area contributed by atoms with Gasteiger partial charge in [-0.15, -0.1) is 0 Å². The molecule has 4 heteroatoms. The van der Waals surface area contributed by atoms with Crippen LogP contribution in [0, 0.1) is 17.8 Å². The van der Waals surface area contributed by atoms with E-state index < -0.39 is 5.41 Å². The van der Waals surface area contributed by atoms with E-state index in [1.807, 2.05) is 0 Å². The molecule has 0 radical (unpaired) electrons. The van der Waals surface area contributed by atoms with Crippen molar-refractivity contribution in [3.05, 3.63) is 209 Å². The molecule has 6 bridgehead atoms. The van der Waals surface area contributed by atoms with Gasteiger partial charge in [0.05, 0.1) is 10.8 Å². The van der Waals surface area contributed by atoms with Crippen LogP contribution in [0.4, 0.5) is 0 Å². The molecule has 4 nitrogen and oxygen atoms in total. The monoisotopic (exact) mass is 769 g/mol. The van der Waals surface area contributed by atoms with E-state index in [0.29, 0.717) is 0 Å². The molecular formula is C56H39N3O. The molecule has 3 unspecified atom stereocenters. The van der Waals surface area contributed by atoms with Gasteiger partial charge in [0.1, 0.15) is 17.3 Å². The van der Waals surface area contributed by atoms with Gasteiger partial charge in [-0.3, -0.25) is 0 Å². The Morgan fingerprint density at radius 1 is 0.417 bits per heavy atom. The molecule has 2 heterocycles. The maximum Gasteiger partial charge on any atom is 0.163 e. The van der Waals surface area contributed by atoms with Gasteiger partial charge in [-0.2, -0.15) is 0 Å². The van der Waals surface area contributed by atoms with Gasteiger partial charge in [0.15, 0.2) is 11.6 Å². The molecule has 1 spiro atoms. The molecule has 4 atom stereocenters. The highest BCUT2D eigenvalue weighted by molar-refractivity contribution is 5.90. The molecule has 6 aliphatic rings. The highest BCUT2D eigenvalue weighted by atomic mass is 16.5. The zero-order chi connectivity index (χ0) is 39.2. The van der Waals surface area contributed by atoms with Gasteiger partial charge in [0, 0.05) is 22.3 Å². The van der Waals surface area contributed by atoms with Crippen LogP contribution in [0.3, 0.4) is 0 Å². The van der Waals surface area contributed by atoms with Crippen LogP contribution in [0.1, 0.15) is 53.8 Å². The lowest BCUT2D eigenvalue weighted by Crippen LogP contribution is -2.42. The normalized spacial score (nSPS) is 22.5. The van der Waals surface area contributed by atoms with Crippen molar-refractivity contribution in [1.29, 1.82) is 0 Å². The summed E-state index contributed by atoms with van der Waals surface area (Å²) in [6.07, 6.45) is 5.00. The Hall–Kier alpha value is -6.91. The quantitative estimate of drug-likeness (QED) is 0.164. The molecule has 0 saturated carbocycles. The zero-order valence-corrected chi connectivity index (χ0v) is 33.0. The number of nitrogens with zero attached hydrogens (tertiary/aromatic N) is 3. The van der Waals surface area contributed by atoms with E-state index in [4.69, 9.17) is 19.7 Å². The van der Waals surface area contributed by atoms with E-state index in [9.17, 15) is 0 Å². The first-order valence-electron chi connectivity index (χ1n) is 21.5. The largest absolute Gasteiger partial charge is 0.457 e. The fourth-order valence-corrected chi connectivity index (χ4v) is 13.0. The molecule has 7 aromatic carbocycles. The summed E-state index contributed by atoms with van der Waals surface area (Å²) in [5, 5.41) is 0. The Morgan fingerprint density at radius 3 is 1.60 bits per heavy atom. The van der Waals surface area contributed by atoms with Crippen molar-refractivity contribution in [2.45, 2.75) is 36.5 Å². The predicted octanol–water partition coefficient (Wildman–Crippen LogP) is 13.0. The molecule has 0 N–H and O–H groups in total. The van der Waals surface area contributed by atoms with Crippen molar-refractivity contribution < 1.29 is 4.74 Å². The number of aromatic nitrogens is 3. The van der Waals surface area contributed by atoms with Gasteiger partial charge in [0.2, 0.25) is 0 Å². The molecule has 60 heavy (non-hydrogen) atoms. The fourth-order valence-electron chi connectivity index (χ4n) is 13.0. The van der Waals surface area contributed by atoms with Crippen LogP contribution in [-0.2, 0) is 10.8 Å². The van der Waals surface area contributed by atoms with Gasteiger partial charge in [-0.25, -0.2) is 15.0 Å². The number of fused-ring (bicyclic) bond motifs is 9. The molecule has 0 amide bonds. The molecule has 1 aromatic heterocycles. The molecule has 0 saturated heterocycles. The Bertz CT molecular complexity index is 3120. The summed E-state index contributed by atoms with van der Waals surface area (Å²) in [5.74, 6) is 6.44. The third-order valence-corrected chi connectivity index (χ3v) is 15.0. The number of para-hydroxylation sites is 2. The SMILES string of the molecule is c1ccc(-c2cccc(-c3nc(-c4cccc(-c5ccc6c(c5)C5(c7ccccc7Oc7ccccc75)c5ccccc5-6)c4)nc(C45CC6CC7C[C@H](C4)C6=C75)n3)c2)cc1. The topological polar surface area (TPSA) is 47.9 Å². The maximum absolute atomic E-state index is 6.61. The van der Waals surface area contributed by atoms with Gasteiger partial charge >= 0.3 is 0 Å². The van der Waals surface area contributed by atoms with Crippen molar-refractivity contribution in [3.8, 4) is 67.7 Å². The van der Waals surface area contributed by atoms with Gasteiger partial charge < -0.3 is 4.74 Å². The van der Waals surface area contributed by atoms with E-state index >= 15 is 0 Å². The Kier molecular flexibility index (Phi) is 6.52. The minimum atomic E-state index is -0.521. The smallest absolute Gasteiger partial charge is 0.163 e. The molecule has 1 aliphatic heterocycles. The number of benzene rings is 7. The highest BCUT2D eigenvalue weighted by Gasteiger charge is 2.66. The third kappa shape index (κ3) is 4.28. The van der Waals surface area contributed by atoms with E-state index in [2.05, 4.69) is 170 Å². The molecular weight excluding hydrogens is 731 g/mol. The first kappa shape index (κ1) is 33.0. The molecule has 8 aromatic rings. The van der Waals surface area contributed by atoms with E-state index in [1.165, 1.54) is 51.8 Å². The van der Waals surface area contributed by atoms with Crippen LogP contribution in [0.15, 0.2) is 181 Å². The van der Waals surface area contributed by atoms with Crippen LogP contribution in [-0.4, -0.2) is 15.0 Å². The summed E-state index contributed by atoms with van der Waals surface area (Å²) in [7, 11) is 0. The van der Waals surface area contributed by atoms with Gasteiger partial charge in [-0.05, 0) is 118 Å². The van der Waals surface area contributed by atoms with Crippen LogP contribution in [0.5, 0.6) is 11.5 Å². The first-order chi connectivity index (χ1) is 29.7. The van der Waals surface area contributed by atoms with Crippen molar-refractivity contribution in [2.24, 2.45) is 17.8 Å². The van der Waals surface area contributed by atoms with Crippen molar-refractivity contribution in [2.75, 3.05) is 0 Å². The van der Waals surface area contributed by atoms with Crippen molar-refractivity contribution in [1.82, 2.24) is 15.0 Å². The van der Waals surface area contributed by atoms with Gasteiger partial charge in [-0.1, -0.05) is 151 Å². The summed E-state index contributed by atoms with van der Waals surface area (Å²) in [4.78, 5) is 16.3. The molecule has 0 fully saturated rings. The van der Waals surface area contributed by atoms with E-state index in [0.717, 1.165) is 87.4 Å². The minimum Gasteiger partial charge on any atom is -0.457 e. The van der Waals surface area contributed by atoms with Crippen LogP contribution in [0.25, 0.3) is 56.2 Å². The third-order valence-electron chi connectivity index (χ3n) is 15.0. The molecule has 284 valence electrons. The summed E-state index contributed by atoms with van der Waals surface area (Å²) >= 11 is 0. The summed E-state index contributed by atoms with van der Waals surface area (Å²) in [6, 6.07) is 61.3. The second-order valence-electron chi connectivity index (χ2n) is 17.9. The lowest BCUT2D eigenvalue weighted by molar-refractivity contribution is 0.164. The number of ether oxygens (including phenoxy) is 1. The van der Waals surface area contributed by atoms with Crippen LogP contribution >= 0.6 is 0 Å². The maximum atomic E-state index is 6.61. The Labute approximate surface area is 349 Å². The number of hydrogen-bond donors (Lipinski definition) is 0. The fraction of sp³-hybridized carbons (Fsp3) is 0.161. The standard InChI is InChI=1S/C56H39N3O/c1-2-12-33(13-3-1)34-14-10-16-37(26-34)52-57-53(59-54(58-52)55-31-40-28-39-29-41(32-55)50(40)51(39)55)38-17-11-15-35(27-38)36-24-25-43-42-18-4-5-19-44(42)56(47(43)30-36)45-20-6-8-22-48(45)60-49-23-9-7-21-46(49)56/h1-27,30,39-41H,28-29,31-32H2/t39?,40-,41?,55?/m1/s1. The van der Waals surface area contributed by atoms with E-state index in [1.54, 1.807) is 11.1 Å². The average Bonchev–Trinajstić information content (AvgIpc) is 4.11. The molecule has 14 rings (SSSR count). The van der Waals surface area contributed by atoms with Crippen molar-refractivity contribution in [3.63, 3.8) is 0 Å². The van der Waals surface area contributed by atoms with Crippen molar-refractivity contribution >= 4 is 0 Å². The van der Waals surface area contributed by atoms with Crippen LogP contribution in [0.2, 0.25) is 0 Å². The van der Waals surface area contributed by atoms with Crippen LogP contribution < -0.4 is 4.74 Å². The summed E-state index contributed by atoms with van der Waals surface area (Å²) < 4.78 is 6.61. The second-order valence-corrected chi connectivity index (χ2v) is 17.9.